The highest BCUT2D eigenvalue weighted by Gasteiger charge is 2.18. The van der Waals surface area contributed by atoms with Gasteiger partial charge in [-0.1, -0.05) is 72.8 Å². The van der Waals surface area contributed by atoms with Crippen LogP contribution in [-0.4, -0.2) is 9.13 Å². The number of fused-ring (bicyclic) bond motifs is 6. The summed E-state index contributed by atoms with van der Waals surface area (Å²) in [4.78, 5) is 0. The van der Waals surface area contributed by atoms with E-state index in [1.165, 1.54) is 49.2 Å². The van der Waals surface area contributed by atoms with Crippen LogP contribution in [-0.2, 0) is 0 Å². The quantitative estimate of drug-likeness (QED) is 0.221. The molecular weight excluding hydrogens is 510 g/mol. The Labute approximate surface area is 244 Å². The van der Waals surface area contributed by atoms with E-state index < -0.39 is 0 Å². The highest BCUT2D eigenvalue weighted by Crippen LogP contribution is 2.39. The molecule has 0 amide bonds. The smallest absolute Gasteiger partial charge is 0.0991 e. The van der Waals surface area contributed by atoms with Crippen molar-refractivity contribution in [2.45, 2.75) is 13.8 Å². The van der Waals surface area contributed by atoms with Gasteiger partial charge < -0.3 is 9.13 Å². The molecule has 0 unspecified atom stereocenters. The molecule has 3 nitrogen and oxygen atoms in total. The third-order valence-corrected chi connectivity index (χ3v) is 8.54. The average Bonchev–Trinajstić information content (AvgIpc) is 3.53. The van der Waals surface area contributed by atoms with Crippen molar-refractivity contribution in [1.82, 2.24) is 9.13 Å². The molecule has 2 heterocycles. The van der Waals surface area contributed by atoms with Crippen LogP contribution in [0.1, 0.15) is 16.7 Å². The van der Waals surface area contributed by atoms with E-state index in [9.17, 15) is 5.26 Å². The van der Waals surface area contributed by atoms with E-state index >= 15 is 0 Å². The van der Waals surface area contributed by atoms with Crippen LogP contribution >= 0.6 is 0 Å². The summed E-state index contributed by atoms with van der Waals surface area (Å²) in [5.74, 6) is 0. The number of para-hydroxylation sites is 3. The Kier molecular flexibility index (Phi) is 5.32. The van der Waals surface area contributed by atoms with Crippen LogP contribution in [0.15, 0.2) is 127 Å². The fraction of sp³-hybridized carbons (Fsp3) is 0.0513. The van der Waals surface area contributed by atoms with Crippen LogP contribution in [0.25, 0.3) is 66.1 Å². The number of nitriles is 1. The van der Waals surface area contributed by atoms with E-state index in [2.05, 4.69) is 144 Å². The number of aromatic nitrogens is 2. The molecule has 2 aromatic heterocycles. The molecular formula is C39H27N3. The van der Waals surface area contributed by atoms with Crippen LogP contribution in [0.5, 0.6) is 0 Å². The number of hydrogen-bond donors (Lipinski definition) is 0. The predicted octanol–water partition coefficient (Wildman–Crippen LogP) is 10.0. The Balaban J connectivity index is 1.37. The topological polar surface area (TPSA) is 33.6 Å². The molecule has 0 spiro atoms. The van der Waals surface area contributed by atoms with Crippen molar-refractivity contribution in [3.05, 3.63) is 144 Å². The molecule has 0 saturated heterocycles. The molecule has 0 atom stereocenters. The fourth-order valence-electron chi connectivity index (χ4n) is 6.77. The highest BCUT2D eigenvalue weighted by atomic mass is 15.0. The van der Waals surface area contributed by atoms with Gasteiger partial charge in [0, 0.05) is 27.2 Å². The molecule has 0 saturated carbocycles. The van der Waals surface area contributed by atoms with Crippen LogP contribution < -0.4 is 0 Å². The lowest BCUT2D eigenvalue weighted by molar-refractivity contribution is 1.12. The van der Waals surface area contributed by atoms with Gasteiger partial charge in [-0.05, 0) is 90.7 Å². The third-order valence-electron chi connectivity index (χ3n) is 8.54. The van der Waals surface area contributed by atoms with Gasteiger partial charge in [0.2, 0.25) is 0 Å². The molecule has 3 heteroatoms. The first kappa shape index (κ1) is 24.2. The lowest BCUT2D eigenvalue weighted by Gasteiger charge is -2.15. The molecule has 0 radical (unpaired) electrons. The summed E-state index contributed by atoms with van der Waals surface area (Å²) in [5.41, 5.74) is 12.3. The Bertz CT molecular complexity index is 2360. The molecule has 8 rings (SSSR count). The van der Waals surface area contributed by atoms with Crippen molar-refractivity contribution < 1.29 is 0 Å². The van der Waals surface area contributed by atoms with Gasteiger partial charge in [0.15, 0.2) is 0 Å². The Hall–Kier alpha value is -5.59. The molecule has 0 aliphatic rings. The zero-order chi connectivity index (χ0) is 28.4. The van der Waals surface area contributed by atoms with Crippen molar-refractivity contribution >= 4 is 43.6 Å². The van der Waals surface area contributed by atoms with E-state index in [1.54, 1.807) is 0 Å². The van der Waals surface area contributed by atoms with E-state index in [4.69, 9.17) is 0 Å². The number of rotatable bonds is 3. The van der Waals surface area contributed by atoms with Crippen molar-refractivity contribution in [2.75, 3.05) is 0 Å². The first-order valence-electron chi connectivity index (χ1n) is 14.3. The van der Waals surface area contributed by atoms with Gasteiger partial charge in [-0.3, -0.25) is 0 Å². The maximum absolute atomic E-state index is 9.52. The van der Waals surface area contributed by atoms with E-state index in [1.807, 2.05) is 12.1 Å². The molecule has 6 aromatic carbocycles. The van der Waals surface area contributed by atoms with Crippen molar-refractivity contribution in [3.63, 3.8) is 0 Å². The average molecular weight is 538 g/mol. The molecule has 0 N–H and O–H groups in total. The van der Waals surface area contributed by atoms with Crippen molar-refractivity contribution in [3.8, 4) is 28.6 Å². The van der Waals surface area contributed by atoms with E-state index in [0.717, 1.165) is 28.0 Å². The first-order chi connectivity index (χ1) is 20.6. The summed E-state index contributed by atoms with van der Waals surface area (Å²) in [7, 11) is 0. The SMILES string of the molecule is Cc1cc(C#N)cc(C)c1-n1c2ccccc2c2cc(-c3ccc4c5ccccc5n(-c5ccccc5)c4c3)ccc21. The summed E-state index contributed by atoms with van der Waals surface area (Å²) in [6.07, 6.45) is 0. The summed E-state index contributed by atoms with van der Waals surface area (Å²) >= 11 is 0. The van der Waals surface area contributed by atoms with Gasteiger partial charge in [0.25, 0.3) is 0 Å². The zero-order valence-electron chi connectivity index (χ0n) is 23.5. The second kappa shape index (κ2) is 9.23. The van der Waals surface area contributed by atoms with Crippen LogP contribution in [0.4, 0.5) is 0 Å². The Morgan fingerprint density at radius 2 is 1.02 bits per heavy atom. The normalized spacial score (nSPS) is 11.5. The molecule has 0 aliphatic carbocycles. The first-order valence-corrected chi connectivity index (χ1v) is 14.3. The second-order valence-corrected chi connectivity index (χ2v) is 11.1. The highest BCUT2D eigenvalue weighted by molar-refractivity contribution is 6.12. The minimum absolute atomic E-state index is 0.695. The molecule has 0 fully saturated rings. The summed E-state index contributed by atoms with van der Waals surface area (Å²) in [5, 5.41) is 14.5. The number of benzene rings is 6. The van der Waals surface area contributed by atoms with E-state index in [0.29, 0.717) is 5.56 Å². The summed E-state index contributed by atoms with van der Waals surface area (Å²) in [6, 6.07) is 47.8. The third kappa shape index (κ3) is 3.52. The van der Waals surface area contributed by atoms with Crippen LogP contribution in [0, 0.1) is 25.2 Å². The maximum atomic E-state index is 9.52. The summed E-state index contributed by atoms with van der Waals surface area (Å²) in [6.45, 7) is 4.19. The molecule has 8 aromatic rings. The zero-order valence-corrected chi connectivity index (χ0v) is 23.5. The lowest BCUT2D eigenvalue weighted by Crippen LogP contribution is -2.01. The minimum Gasteiger partial charge on any atom is -0.309 e. The fourth-order valence-corrected chi connectivity index (χ4v) is 6.77. The molecule has 42 heavy (non-hydrogen) atoms. The van der Waals surface area contributed by atoms with Crippen molar-refractivity contribution in [1.29, 1.82) is 5.26 Å². The van der Waals surface area contributed by atoms with Gasteiger partial charge >= 0.3 is 0 Å². The van der Waals surface area contributed by atoms with Crippen molar-refractivity contribution in [2.24, 2.45) is 0 Å². The van der Waals surface area contributed by atoms with Gasteiger partial charge in [0.05, 0.1) is 39.4 Å². The van der Waals surface area contributed by atoms with Gasteiger partial charge in [0.1, 0.15) is 0 Å². The standard InChI is InChI=1S/C39H27N3/c1-25-20-27(24-40)21-26(2)39(25)42-36-15-9-7-13-32(36)34-22-28(17-19-37(34)42)29-16-18-33-31-12-6-8-14-35(31)41(38(33)23-29)30-10-4-3-5-11-30/h3-23H,1-2H3. The predicted molar refractivity (Wildman–Crippen MR) is 175 cm³/mol. The maximum Gasteiger partial charge on any atom is 0.0991 e. The van der Waals surface area contributed by atoms with Gasteiger partial charge in [-0.25, -0.2) is 0 Å². The number of aryl methyl sites for hydroxylation is 2. The molecule has 0 bridgehead atoms. The summed E-state index contributed by atoms with van der Waals surface area (Å²) < 4.78 is 4.73. The second-order valence-electron chi connectivity index (χ2n) is 11.1. The Morgan fingerprint density at radius 3 is 1.74 bits per heavy atom. The molecule has 0 aliphatic heterocycles. The van der Waals surface area contributed by atoms with Crippen LogP contribution in [0.2, 0.25) is 0 Å². The molecule has 198 valence electrons. The van der Waals surface area contributed by atoms with Gasteiger partial charge in [-0.2, -0.15) is 5.26 Å². The van der Waals surface area contributed by atoms with E-state index in [-0.39, 0.29) is 0 Å². The monoisotopic (exact) mass is 537 g/mol. The van der Waals surface area contributed by atoms with Gasteiger partial charge in [-0.15, -0.1) is 0 Å². The number of hydrogen-bond acceptors (Lipinski definition) is 1. The Morgan fingerprint density at radius 1 is 0.476 bits per heavy atom. The lowest BCUT2D eigenvalue weighted by atomic mass is 10.0. The largest absolute Gasteiger partial charge is 0.309 e. The van der Waals surface area contributed by atoms with Crippen LogP contribution in [0.3, 0.4) is 0 Å². The minimum atomic E-state index is 0.695. The number of nitrogens with zero attached hydrogens (tertiary/aromatic N) is 3.